The third-order valence-corrected chi connectivity index (χ3v) is 7.62. The highest BCUT2D eigenvalue weighted by molar-refractivity contribution is 5.87. The summed E-state index contributed by atoms with van der Waals surface area (Å²) in [4.78, 5) is 10.1. The zero-order valence-electron chi connectivity index (χ0n) is 23.0. The summed E-state index contributed by atoms with van der Waals surface area (Å²) in [6.07, 6.45) is 1.96. The van der Waals surface area contributed by atoms with Crippen LogP contribution in [-0.4, -0.2) is 35.2 Å². The summed E-state index contributed by atoms with van der Waals surface area (Å²) in [5.41, 5.74) is 10.8. The fourth-order valence-corrected chi connectivity index (χ4v) is 5.59. The lowest BCUT2D eigenvalue weighted by Crippen LogP contribution is -2.05. The Kier molecular flexibility index (Phi) is 6.32. The highest BCUT2D eigenvalue weighted by Crippen LogP contribution is 2.32. The number of nitrogens with zero attached hydrogens (tertiary/aromatic N) is 6. The summed E-state index contributed by atoms with van der Waals surface area (Å²) in [6, 6.07) is 33.9. The van der Waals surface area contributed by atoms with Crippen LogP contribution in [0.1, 0.15) is 30.3 Å². The van der Waals surface area contributed by atoms with E-state index in [-0.39, 0.29) is 0 Å². The number of benzene rings is 4. The van der Waals surface area contributed by atoms with Gasteiger partial charge in [-0.25, -0.2) is 15.1 Å². The Morgan fingerprint density at radius 2 is 1.59 bits per heavy atom. The smallest absolute Gasteiger partial charge is 0.180 e. The summed E-state index contributed by atoms with van der Waals surface area (Å²) in [7, 11) is 0. The van der Waals surface area contributed by atoms with Gasteiger partial charge in [-0.05, 0) is 70.3 Å². The first-order valence-corrected chi connectivity index (χ1v) is 14.0. The number of nitrogens with one attached hydrogen (secondary N) is 1. The van der Waals surface area contributed by atoms with Crippen LogP contribution in [0.15, 0.2) is 97.1 Å². The van der Waals surface area contributed by atoms with Crippen LogP contribution in [0, 0.1) is 6.92 Å². The molecule has 0 saturated carbocycles. The Morgan fingerprint density at radius 3 is 2.39 bits per heavy atom. The molecule has 7 aromatic rings. The zero-order chi connectivity index (χ0) is 27.8. The van der Waals surface area contributed by atoms with Gasteiger partial charge in [0.05, 0.1) is 22.2 Å². The van der Waals surface area contributed by atoms with E-state index in [1.165, 1.54) is 5.56 Å². The van der Waals surface area contributed by atoms with Gasteiger partial charge in [-0.15, -0.1) is 5.10 Å². The molecule has 7 nitrogen and oxygen atoms in total. The molecule has 0 aliphatic heterocycles. The highest BCUT2D eigenvalue weighted by Gasteiger charge is 2.16. The van der Waals surface area contributed by atoms with E-state index in [2.05, 4.69) is 106 Å². The van der Waals surface area contributed by atoms with Crippen molar-refractivity contribution in [1.29, 1.82) is 0 Å². The Bertz CT molecular complexity index is 1990. The number of pyridine rings is 1. The topological polar surface area (TPSA) is 85.2 Å². The van der Waals surface area contributed by atoms with Crippen molar-refractivity contribution < 1.29 is 0 Å². The van der Waals surface area contributed by atoms with E-state index >= 15 is 0 Å². The number of imidazole rings is 1. The highest BCUT2D eigenvalue weighted by atomic mass is 15.5. The molecule has 200 valence electrons. The quantitative estimate of drug-likeness (QED) is 0.230. The fourth-order valence-electron chi connectivity index (χ4n) is 5.59. The molecule has 41 heavy (non-hydrogen) atoms. The molecule has 0 bridgehead atoms. The van der Waals surface area contributed by atoms with E-state index in [4.69, 9.17) is 9.97 Å². The van der Waals surface area contributed by atoms with Crippen LogP contribution in [0.5, 0.6) is 0 Å². The fraction of sp³-hybridized carbons (Fsp3) is 0.147. The van der Waals surface area contributed by atoms with Crippen LogP contribution in [0.4, 0.5) is 0 Å². The van der Waals surface area contributed by atoms with E-state index in [1.54, 1.807) is 0 Å². The minimum absolute atomic E-state index is 0.658. The number of hydrogen-bond acceptors (Lipinski definition) is 5. The average Bonchev–Trinajstić information content (AvgIpc) is 3.67. The first kappa shape index (κ1) is 24.8. The molecule has 0 saturated heterocycles. The first-order valence-electron chi connectivity index (χ1n) is 14.0. The number of aromatic amines is 1. The van der Waals surface area contributed by atoms with Gasteiger partial charge in [0.25, 0.3) is 0 Å². The second-order valence-corrected chi connectivity index (χ2v) is 10.4. The van der Waals surface area contributed by atoms with E-state index in [1.807, 2.05) is 30.3 Å². The van der Waals surface area contributed by atoms with Gasteiger partial charge in [0.15, 0.2) is 5.82 Å². The SMILES string of the molecule is CCCc1nc2c(C)cc(-c3ccc4ccccc4n3)cc2n1Cc1ccc(-c2ccccc2-c2nnn[nH]2)cc1. The molecule has 0 atom stereocenters. The van der Waals surface area contributed by atoms with Gasteiger partial charge in [0, 0.05) is 29.5 Å². The molecule has 0 aliphatic carbocycles. The van der Waals surface area contributed by atoms with Gasteiger partial charge < -0.3 is 4.57 Å². The van der Waals surface area contributed by atoms with Crippen LogP contribution in [0.25, 0.3) is 55.7 Å². The zero-order valence-corrected chi connectivity index (χ0v) is 23.0. The number of tetrazole rings is 1. The largest absolute Gasteiger partial charge is 0.323 e. The molecule has 0 spiro atoms. The van der Waals surface area contributed by atoms with Gasteiger partial charge in [0.1, 0.15) is 5.82 Å². The number of hydrogen-bond donors (Lipinski definition) is 1. The molecule has 7 rings (SSSR count). The van der Waals surface area contributed by atoms with Crippen molar-refractivity contribution in [3.8, 4) is 33.8 Å². The van der Waals surface area contributed by atoms with Crippen LogP contribution < -0.4 is 0 Å². The molecule has 0 unspecified atom stereocenters. The minimum Gasteiger partial charge on any atom is -0.323 e. The van der Waals surface area contributed by atoms with Crippen molar-refractivity contribution >= 4 is 21.9 Å². The number of aryl methyl sites for hydroxylation is 2. The monoisotopic (exact) mass is 535 g/mol. The van der Waals surface area contributed by atoms with Gasteiger partial charge in [-0.3, -0.25) is 0 Å². The lowest BCUT2D eigenvalue weighted by atomic mass is 9.98. The number of para-hydroxylation sites is 1. The minimum atomic E-state index is 0.658. The number of fused-ring (bicyclic) bond motifs is 2. The summed E-state index contributed by atoms with van der Waals surface area (Å²) in [5.74, 6) is 1.77. The molecule has 1 N–H and O–H groups in total. The molecular formula is C34H29N7. The summed E-state index contributed by atoms with van der Waals surface area (Å²) < 4.78 is 2.37. The molecule has 0 aliphatic rings. The Balaban J connectivity index is 1.27. The maximum absolute atomic E-state index is 5.11. The summed E-state index contributed by atoms with van der Waals surface area (Å²) in [6.45, 7) is 5.10. The van der Waals surface area contributed by atoms with Gasteiger partial charge in [-0.2, -0.15) is 0 Å². The number of aromatic nitrogens is 7. The van der Waals surface area contributed by atoms with Crippen molar-refractivity contribution in [2.75, 3.05) is 0 Å². The molecule has 3 heterocycles. The molecule has 7 heteroatoms. The van der Waals surface area contributed by atoms with Crippen molar-refractivity contribution in [2.24, 2.45) is 0 Å². The average molecular weight is 536 g/mol. The van der Waals surface area contributed by atoms with Gasteiger partial charge >= 0.3 is 0 Å². The lowest BCUT2D eigenvalue weighted by molar-refractivity contribution is 0.722. The lowest BCUT2D eigenvalue weighted by Gasteiger charge is -2.12. The van der Waals surface area contributed by atoms with E-state index in [9.17, 15) is 0 Å². The van der Waals surface area contributed by atoms with Crippen molar-refractivity contribution in [1.82, 2.24) is 35.2 Å². The predicted octanol–water partition coefficient (Wildman–Crippen LogP) is 7.41. The maximum atomic E-state index is 5.11. The summed E-state index contributed by atoms with van der Waals surface area (Å²) >= 11 is 0. The molecule has 3 aromatic heterocycles. The van der Waals surface area contributed by atoms with Crippen LogP contribution >= 0.6 is 0 Å². The molecule has 0 amide bonds. The third-order valence-electron chi connectivity index (χ3n) is 7.62. The second-order valence-electron chi connectivity index (χ2n) is 10.4. The Hall–Kier alpha value is -5.17. The predicted molar refractivity (Wildman–Crippen MR) is 163 cm³/mol. The molecule has 0 radical (unpaired) electrons. The van der Waals surface area contributed by atoms with Gasteiger partial charge in [-0.1, -0.05) is 79.7 Å². The molecule has 0 fully saturated rings. The van der Waals surface area contributed by atoms with Crippen LogP contribution in [0.3, 0.4) is 0 Å². The molecular weight excluding hydrogens is 506 g/mol. The number of rotatable bonds is 7. The second kappa shape index (κ2) is 10.4. The van der Waals surface area contributed by atoms with Crippen molar-refractivity contribution in [3.05, 3.63) is 114 Å². The maximum Gasteiger partial charge on any atom is 0.180 e. The summed E-state index contributed by atoms with van der Waals surface area (Å²) in [5, 5.41) is 15.6. The Morgan fingerprint density at radius 1 is 0.780 bits per heavy atom. The van der Waals surface area contributed by atoms with E-state index < -0.39 is 0 Å². The van der Waals surface area contributed by atoms with Crippen LogP contribution in [0.2, 0.25) is 0 Å². The normalized spacial score (nSPS) is 11.5. The van der Waals surface area contributed by atoms with Crippen molar-refractivity contribution in [3.63, 3.8) is 0 Å². The Labute approximate surface area is 237 Å². The van der Waals surface area contributed by atoms with Crippen molar-refractivity contribution in [2.45, 2.75) is 33.2 Å². The van der Waals surface area contributed by atoms with E-state index in [0.29, 0.717) is 5.82 Å². The third kappa shape index (κ3) is 4.65. The van der Waals surface area contributed by atoms with Gasteiger partial charge in [0.2, 0.25) is 0 Å². The number of H-pyrrole nitrogens is 1. The molecule has 4 aromatic carbocycles. The standard InChI is InChI=1S/C34H29N7/c1-3-8-32-36-33-22(2)19-26(30-18-17-25-9-4-7-12-29(25)35-30)20-31(33)41(32)21-23-13-15-24(16-14-23)27-10-5-6-11-28(27)34-37-39-40-38-34/h4-7,9-20H,3,8,21H2,1-2H3,(H,37,38,39,40). The van der Waals surface area contributed by atoms with E-state index in [0.717, 1.165) is 80.7 Å². The van der Waals surface area contributed by atoms with Crippen LogP contribution in [-0.2, 0) is 13.0 Å². The first-order chi connectivity index (χ1) is 20.2.